The number of carbonyl (C=O) groups excluding carboxylic acids is 1. The molecule has 2 aromatic carbocycles. The number of aromatic nitrogens is 2. The number of aryl methyl sites for hydroxylation is 1. The van der Waals surface area contributed by atoms with Crippen LogP contribution in [0.5, 0.6) is 0 Å². The summed E-state index contributed by atoms with van der Waals surface area (Å²) in [4.78, 5) is 22.4. The molecule has 184 valence electrons. The fourth-order valence-electron chi connectivity index (χ4n) is 5.22. The van der Waals surface area contributed by atoms with Crippen molar-refractivity contribution in [3.63, 3.8) is 0 Å². The van der Waals surface area contributed by atoms with Crippen molar-refractivity contribution in [3.05, 3.63) is 65.5 Å². The average Bonchev–Trinajstić information content (AvgIpc) is 3.57. The number of rotatable bonds is 7. The van der Waals surface area contributed by atoms with E-state index in [1.807, 2.05) is 31.2 Å². The van der Waals surface area contributed by atoms with E-state index >= 15 is 0 Å². The predicted molar refractivity (Wildman–Crippen MR) is 137 cm³/mol. The number of carbonyl (C=O) groups is 1. The monoisotopic (exact) mass is 473 g/mol. The van der Waals surface area contributed by atoms with Gasteiger partial charge in [0.25, 0.3) is 0 Å². The molecule has 2 unspecified atom stereocenters. The first-order valence-corrected chi connectivity index (χ1v) is 12.8. The van der Waals surface area contributed by atoms with Crippen LogP contribution in [0.15, 0.2) is 53.1 Å². The van der Waals surface area contributed by atoms with Crippen LogP contribution in [0.1, 0.15) is 55.7 Å². The predicted octanol–water partition coefficient (Wildman–Crippen LogP) is 4.73. The highest BCUT2D eigenvalue weighted by Crippen LogP contribution is 2.25. The van der Waals surface area contributed by atoms with Gasteiger partial charge in [-0.3, -0.25) is 9.69 Å². The molecule has 0 spiro atoms. The van der Waals surface area contributed by atoms with Gasteiger partial charge in [0.15, 0.2) is 0 Å². The van der Waals surface area contributed by atoms with Crippen molar-refractivity contribution in [1.29, 1.82) is 0 Å². The molecule has 0 aliphatic carbocycles. The summed E-state index contributed by atoms with van der Waals surface area (Å²) in [5.41, 5.74) is 4.53. The van der Waals surface area contributed by atoms with Crippen LogP contribution in [0.4, 0.5) is 5.69 Å². The first-order chi connectivity index (χ1) is 17.1. The molecule has 1 N–H and O–H groups in total. The maximum absolute atomic E-state index is 13.1. The van der Waals surface area contributed by atoms with Crippen molar-refractivity contribution >= 4 is 11.6 Å². The van der Waals surface area contributed by atoms with Crippen molar-refractivity contribution < 1.29 is 9.32 Å². The number of nitrogens with zero attached hydrogens (tertiary/aromatic N) is 4. The quantitative estimate of drug-likeness (QED) is 0.535. The number of anilines is 1. The third-order valence-electron chi connectivity index (χ3n) is 7.31. The van der Waals surface area contributed by atoms with Gasteiger partial charge in [0.05, 0.1) is 18.5 Å². The molecule has 1 amide bonds. The molecule has 35 heavy (non-hydrogen) atoms. The van der Waals surface area contributed by atoms with Crippen molar-refractivity contribution in [3.8, 4) is 11.4 Å². The van der Waals surface area contributed by atoms with Crippen LogP contribution in [0.2, 0.25) is 0 Å². The minimum absolute atomic E-state index is 0.0156. The maximum atomic E-state index is 13.1. The van der Waals surface area contributed by atoms with Crippen molar-refractivity contribution in [2.24, 2.45) is 5.92 Å². The lowest BCUT2D eigenvalue weighted by Crippen LogP contribution is -2.43. The van der Waals surface area contributed by atoms with Gasteiger partial charge in [-0.15, -0.1) is 0 Å². The van der Waals surface area contributed by atoms with E-state index in [9.17, 15) is 4.79 Å². The zero-order chi connectivity index (χ0) is 24.2. The van der Waals surface area contributed by atoms with Gasteiger partial charge in [-0.2, -0.15) is 4.98 Å². The average molecular weight is 474 g/mol. The first-order valence-electron chi connectivity index (χ1n) is 12.8. The summed E-state index contributed by atoms with van der Waals surface area (Å²) in [6, 6.07) is 16.7. The molecule has 0 bridgehead atoms. The van der Waals surface area contributed by atoms with Gasteiger partial charge in [0, 0.05) is 30.9 Å². The third-order valence-corrected chi connectivity index (χ3v) is 7.31. The van der Waals surface area contributed by atoms with Crippen LogP contribution >= 0.6 is 0 Å². The van der Waals surface area contributed by atoms with Gasteiger partial charge in [0.1, 0.15) is 0 Å². The van der Waals surface area contributed by atoms with Crippen LogP contribution < -0.4 is 10.2 Å². The Balaban J connectivity index is 1.15. The van der Waals surface area contributed by atoms with E-state index in [1.165, 1.54) is 18.5 Å². The number of piperidine rings is 1. The van der Waals surface area contributed by atoms with Crippen LogP contribution in [0.3, 0.4) is 0 Å². The molecule has 3 heterocycles. The summed E-state index contributed by atoms with van der Waals surface area (Å²) in [7, 11) is 0. The third kappa shape index (κ3) is 5.56. The van der Waals surface area contributed by atoms with Crippen LogP contribution in [-0.2, 0) is 11.3 Å². The topological polar surface area (TPSA) is 74.5 Å². The van der Waals surface area contributed by atoms with Gasteiger partial charge < -0.3 is 14.7 Å². The molecule has 2 aliphatic rings. The molecule has 1 aromatic heterocycles. The molecule has 2 atom stereocenters. The minimum Gasteiger partial charge on any atom is -0.372 e. The number of hydrogen-bond donors (Lipinski definition) is 1. The van der Waals surface area contributed by atoms with Crippen molar-refractivity contribution in [2.45, 2.75) is 52.1 Å². The Labute approximate surface area is 207 Å². The Hall–Kier alpha value is -3.19. The second-order valence-electron chi connectivity index (χ2n) is 9.92. The molecule has 0 radical (unpaired) electrons. The zero-order valence-corrected chi connectivity index (χ0v) is 20.7. The smallest absolute Gasteiger partial charge is 0.241 e. The number of hydrogen-bond acceptors (Lipinski definition) is 6. The Kier molecular flexibility index (Phi) is 7.13. The summed E-state index contributed by atoms with van der Waals surface area (Å²) in [6.45, 7) is 8.59. The standard InChI is InChI=1S/C28H35N5O2/c1-20-8-3-4-10-25(20)27-30-26(35-31-27)19-32-15-7-9-23(18-32)28(34)29-21(2)22-11-13-24(14-12-22)33-16-5-6-17-33/h3-4,8,10-14,21,23H,5-7,9,15-19H2,1-2H3,(H,29,34). The highest BCUT2D eigenvalue weighted by atomic mass is 16.5. The zero-order valence-electron chi connectivity index (χ0n) is 20.7. The van der Waals surface area contributed by atoms with Crippen LogP contribution in [-0.4, -0.2) is 47.1 Å². The second-order valence-corrected chi connectivity index (χ2v) is 9.92. The number of amides is 1. The van der Waals surface area contributed by atoms with Gasteiger partial charge in [-0.1, -0.05) is 41.6 Å². The lowest BCUT2D eigenvalue weighted by atomic mass is 9.96. The Morgan fingerprint density at radius 1 is 1.09 bits per heavy atom. The molecular weight excluding hydrogens is 438 g/mol. The summed E-state index contributed by atoms with van der Waals surface area (Å²) in [5, 5.41) is 7.42. The molecule has 5 rings (SSSR count). The molecule has 0 saturated carbocycles. The maximum Gasteiger partial charge on any atom is 0.241 e. The highest BCUT2D eigenvalue weighted by Gasteiger charge is 2.28. The molecule has 3 aromatic rings. The molecule has 2 saturated heterocycles. The Bertz CT molecular complexity index is 1140. The van der Waals surface area contributed by atoms with E-state index in [-0.39, 0.29) is 17.9 Å². The molecule has 2 aliphatic heterocycles. The lowest BCUT2D eigenvalue weighted by molar-refractivity contribution is -0.127. The van der Waals surface area contributed by atoms with E-state index in [4.69, 9.17) is 4.52 Å². The van der Waals surface area contributed by atoms with E-state index in [0.717, 1.165) is 49.2 Å². The largest absolute Gasteiger partial charge is 0.372 e. The molecular formula is C28H35N5O2. The lowest BCUT2D eigenvalue weighted by Gasteiger charge is -2.31. The van der Waals surface area contributed by atoms with E-state index < -0.39 is 0 Å². The van der Waals surface area contributed by atoms with Gasteiger partial charge in [-0.25, -0.2) is 0 Å². The fourth-order valence-corrected chi connectivity index (χ4v) is 5.22. The van der Waals surface area contributed by atoms with E-state index in [2.05, 4.69) is 56.4 Å². The van der Waals surface area contributed by atoms with Crippen LogP contribution in [0.25, 0.3) is 11.4 Å². The summed E-state index contributed by atoms with van der Waals surface area (Å²) in [6.07, 6.45) is 4.43. The molecule has 2 fully saturated rings. The second kappa shape index (κ2) is 10.6. The summed E-state index contributed by atoms with van der Waals surface area (Å²) >= 11 is 0. The first kappa shape index (κ1) is 23.5. The van der Waals surface area contributed by atoms with Gasteiger partial charge in [0.2, 0.25) is 17.6 Å². The number of benzene rings is 2. The summed E-state index contributed by atoms with van der Waals surface area (Å²) in [5.74, 6) is 1.30. The van der Waals surface area contributed by atoms with Gasteiger partial charge in [-0.05, 0) is 69.3 Å². The van der Waals surface area contributed by atoms with Crippen molar-refractivity contribution in [2.75, 3.05) is 31.1 Å². The number of likely N-dealkylation sites (tertiary alicyclic amines) is 1. The normalized spacial score (nSPS) is 19.6. The minimum atomic E-state index is -0.0335. The summed E-state index contributed by atoms with van der Waals surface area (Å²) < 4.78 is 5.53. The van der Waals surface area contributed by atoms with Gasteiger partial charge >= 0.3 is 0 Å². The number of nitrogens with one attached hydrogen (secondary N) is 1. The highest BCUT2D eigenvalue weighted by molar-refractivity contribution is 5.79. The van der Waals surface area contributed by atoms with Crippen LogP contribution in [0, 0.1) is 12.8 Å². The Morgan fingerprint density at radius 3 is 2.63 bits per heavy atom. The van der Waals surface area contributed by atoms with E-state index in [0.29, 0.717) is 24.8 Å². The Morgan fingerprint density at radius 2 is 1.86 bits per heavy atom. The fraction of sp³-hybridized carbons (Fsp3) is 0.464. The molecule has 7 nitrogen and oxygen atoms in total. The SMILES string of the molecule is Cc1ccccc1-c1noc(CN2CCCC(C(=O)NC(C)c3ccc(N4CCCC4)cc3)C2)n1. The van der Waals surface area contributed by atoms with E-state index in [1.54, 1.807) is 0 Å². The van der Waals surface area contributed by atoms with Crippen molar-refractivity contribution in [1.82, 2.24) is 20.4 Å². The molecule has 7 heteroatoms.